The number of carbonyl (C=O) groups excluding carboxylic acids is 1. The largest absolute Gasteiger partial charge is 0.336 e. The normalized spacial score (nSPS) is 15.3. The van der Waals surface area contributed by atoms with Crippen LogP contribution in [0, 0.1) is 6.92 Å². The van der Waals surface area contributed by atoms with E-state index in [9.17, 15) is 4.79 Å². The standard InChI is InChI=1S/C15H18N4O/c1-12-10-17-19(11-12)14-4-2-13(3-5-14)15(20)18-8-6-16-7-9-18/h2-5,10-11,16H,6-9H2,1H3. The second-order valence-corrected chi connectivity index (χ2v) is 5.05. The van der Waals surface area contributed by atoms with Crippen LogP contribution in [-0.4, -0.2) is 46.8 Å². The van der Waals surface area contributed by atoms with Gasteiger partial charge in [-0.05, 0) is 36.8 Å². The van der Waals surface area contributed by atoms with Crippen LogP contribution in [-0.2, 0) is 0 Å². The van der Waals surface area contributed by atoms with Crippen molar-refractivity contribution in [2.24, 2.45) is 0 Å². The lowest BCUT2D eigenvalue weighted by Crippen LogP contribution is -2.46. The number of nitrogens with one attached hydrogen (secondary N) is 1. The van der Waals surface area contributed by atoms with E-state index in [0.29, 0.717) is 0 Å². The number of amides is 1. The van der Waals surface area contributed by atoms with E-state index in [1.165, 1.54) is 0 Å². The van der Waals surface area contributed by atoms with Gasteiger partial charge in [0.05, 0.1) is 11.9 Å². The van der Waals surface area contributed by atoms with Crippen molar-refractivity contribution in [2.75, 3.05) is 26.2 Å². The summed E-state index contributed by atoms with van der Waals surface area (Å²) < 4.78 is 1.81. The van der Waals surface area contributed by atoms with Gasteiger partial charge in [0.2, 0.25) is 0 Å². The molecule has 5 heteroatoms. The summed E-state index contributed by atoms with van der Waals surface area (Å²) in [5.41, 5.74) is 2.82. The lowest BCUT2D eigenvalue weighted by atomic mass is 10.1. The van der Waals surface area contributed by atoms with Crippen LogP contribution in [0.25, 0.3) is 5.69 Å². The Bertz CT molecular complexity index is 597. The summed E-state index contributed by atoms with van der Waals surface area (Å²) in [4.78, 5) is 14.2. The molecule has 1 aliphatic rings. The highest BCUT2D eigenvalue weighted by atomic mass is 16.2. The van der Waals surface area contributed by atoms with E-state index in [1.807, 2.05) is 53.2 Å². The smallest absolute Gasteiger partial charge is 0.253 e. The molecule has 2 heterocycles. The van der Waals surface area contributed by atoms with Gasteiger partial charge >= 0.3 is 0 Å². The van der Waals surface area contributed by atoms with E-state index in [1.54, 1.807) is 0 Å². The summed E-state index contributed by atoms with van der Waals surface area (Å²) >= 11 is 0. The molecular formula is C15H18N4O. The summed E-state index contributed by atoms with van der Waals surface area (Å²) in [6, 6.07) is 7.61. The number of rotatable bonds is 2. The maximum Gasteiger partial charge on any atom is 0.253 e. The minimum Gasteiger partial charge on any atom is -0.336 e. The van der Waals surface area contributed by atoms with Crippen molar-refractivity contribution in [1.82, 2.24) is 20.0 Å². The predicted molar refractivity (Wildman–Crippen MR) is 77.1 cm³/mol. The summed E-state index contributed by atoms with van der Waals surface area (Å²) in [5, 5.41) is 7.51. The highest BCUT2D eigenvalue weighted by Gasteiger charge is 2.17. The van der Waals surface area contributed by atoms with Crippen molar-refractivity contribution >= 4 is 5.91 Å². The summed E-state index contributed by atoms with van der Waals surface area (Å²) in [7, 11) is 0. The fourth-order valence-electron chi connectivity index (χ4n) is 2.36. The van der Waals surface area contributed by atoms with Crippen LogP contribution in [0.3, 0.4) is 0 Å². The third-order valence-electron chi connectivity index (χ3n) is 3.49. The maximum absolute atomic E-state index is 12.3. The molecule has 3 rings (SSSR count). The molecule has 1 aromatic carbocycles. The van der Waals surface area contributed by atoms with Crippen LogP contribution in [0.15, 0.2) is 36.7 Å². The van der Waals surface area contributed by atoms with Crippen molar-refractivity contribution < 1.29 is 4.79 Å². The van der Waals surface area contributed by atoms with Gasteiger partial charge in [-0.15, -0.1) is 0 Å². The first-order valence-corrected chi connectivity index (χ1v) is 6.86. The third kappa shape index (κ3) is 2.58. The molecule has 0 atom stereocenters. The Morgan fingerprint density at radius 3 is 2.50 bits per heavy atom. The fraction of sp³-hybridized carbons (Fsp3) is 0.333. The molecule has 0 aliphatic carbocycles. The van der Waals surface area contributed by atoms with Crippen LogP contribution in [0.5, 0.6) is 0 Å². The lowest BCUT2D eigenvalue weighted by molar-refractivity contribution is 0.0736. The number of nitrogens with zero attached hydrogens (tertiary/aromatic N) is 3. The van der Waals surface area contributed by atoms with E-state index in [2.05, 4.69) is 10.4 Å². The zero-order valence-corrected chi connectivity index (χ0v) is 11.5. The minimum absolute atomic E-state index is 0.106. The molecule has 1 saturated heterocycles. The van der Waals surface area contributed by atoms with Gasteiger partial charge in [0.1, 0.15) is 0 Å². The number of aryl methyl sites for hydroxylation is 1. The van der Waals surface area contributed by atoms with E-state index in [0.717, 1.165) is 43.0 Å². The molecule has 0 unspecified atom stereocenters. The molecule has 1 amide bonds. The van der Waals surface area contributed by atoms with Crippen LogP contribution >= 0.6 is 0 Å². The second-order valence-electron chi connectivity index (χ2n) is 5.05. The molecule has 1 aliphatic heterocycles. The summed E-state index contributed by atoms with van der Waals surface area (Å²) in [6.45, 7) is 5.30. The fourth-order valence-corrected chi connectivity index (χ4v) is 2.36. The first-order valence-electron chi connectivity index (χ1n) is 6.86. The van der Waals surface area contributed by atoms with Crippen LogP contribution in [0.2, 0.25) is 0 Å². The average molecular weight is 270 g/mol. The van der Waals surface area contributed by atoms with Crippen molar-refractivity contribution in [1.29, 1.82) is 0 Å². The molecule has 104 valence electrons. The Labute approximate surface area is 118 Å². The van der Waals surface area contributed by atoms with Crippen LogP contribution in [0.1, 0.15) is 15.9 Å². The zero-order chi connectivity index (χ0) is 13.9. The second kappa shape index (κ2) is 5.46. The molecule has 2 aromatic rings. The molecule has 1 aromatic heterocycles. The zero-order valence-electron chi connectivity index (χ0n) is 11.5. The Kier molecular flexibility index (Phi) is 3.52. The third-order valence-corrected chi connectivity index (χ3v) is 3.49. The topological polar surface area (TPSA) is 50.2 Å². The highest BCUT2D eigenvalue weighted by Crippen LogP contribution is 2.12. The van der Waals surface area contributed by atoms with E-state index >= 15 is 0 Å². The van der Waals surface area contributed by atoms with Crippen molar-refractivity contribution in [3.8, 4) is 5.69 Å². The van der Waals surface area contributed by atoms with Crippen molar-refractivity contribution in [2.45, 2.75) is 6.92 Å². The van der Waals surface area contributed by atoms with Crippen LogP contribution in [0.4, 0.5) is 0 Å². The Balaban J connectivity index is 1.77. The summed E-state index contributed by atoms with van der Waals surface area (Å²) in [5.74, 6) is 0.106. The minimum atomic E-state index is 0.106. The Morgan fingerprint density at radius 2 is 1.90 bits per heavy atom. The molecule has 0 spiro atoms. The molecule has 1 N–H and O–H groups in total. The molecule has 0 radical (unpaired) electrons. The lowest BCUT2D eigenvalue weighted by Gasteiger charge is -2.27. The van der Waals surface area contributed by atoms with Gasteiger partial charge in [-0.2, -0.15) is 5.10 Å². The van der Waals surface area contributed by atoms with Gasteiger partial charge in [-0.3, -0.25) is 4.79 Å². The first kappa shape index (κ1) is 12.9. The van der Waals surface area contributed by atoms with Gasteiger partial charge in [0.15, 0.2) is 0 Å². The molecule has 20 heavy (non-hydrogen) atoms. The van der Waals surface area contributed by atoms with Gasteiger partial charge in [-0.1, -0.05) is 0 Å². The van der Waals surface area contributed by atoms with E-state index < -0.39 is 0 Å². The molecule has 0 saturated carbocycles. The quantitative estimate of drug-likeness (QED) is 0.893. The van der Waals surface area contributed by atoms with Gasteiger partial charge < -0.3 is 10.2 Å². The molecule has 5 nitrogen and oxygen atoms in total. The summed E-state index contributed by atoms with van der Waals surface area (Å²) in [6.07, 6.45) is 3.78. The molecule has 1 fully saturated rings. The first-order chi connectivity index (χ1) is 9.74. The maximum atomic E-state index is 12.3. The van der Waals surface area contributed by atoms with Crippen molar-refractivity contribution in [3.63, 3.8) is 0 Å². The van der Waals surface area contributed by atoms with Gasteiger partial charge in [0, 0.05) is 37.9 Å². The van der Waals surface area contributed by atoms with E-state index in [-0.39, 0.29) is 5.91 Å². The SMILES string of the molecule is Cc1cnn(-c2ccc(C(=O)N3CCNCC3)cc2)c1. The monoisotopic (exact) mass is 270 g/mol. The van der Waals surface area contributed by atoms with Gasteiger partial charge in [0.25, 0.3) is 5.91 Å². The number of hydrogen-bond acceptors (Lipinski definition) is 3. The predicted octanol–water partition coefficient (Wildman–Crippen LogP) is 1.23. The highest BCUT2D eigenvalue weighted by molar-refractivity contribution is 5.94. The Hall–Kier alpha value is -2.14. The Morgan fingerprint density at radius 1 is 1.20 bits per heavy atom. The molecular weight excluding hydrogens is 252 g/mol. The number of piperazine rings is 1. The van der Waals surface area contributed by atoms with Crippen LogP contribution < -0.4 is 5.32 Å². The molecule has 0 bridgehead atoms. The average Bonchev–Trinajstić information content (AvgIpc) is 2.94. The number of carbonyl (C=O) groups is 1. The number of benzene rings is 1. The number of aromatic nitrogens is 2. The van der Waals surface area contributed by atoms with E-state index in [4.69, 9.17) is 0 Å². The van der Waals surface area contributed by atoms with Gasteiger partial charge in [-0.25, -0.2) is 4.68 Å². The number of hydrogen-bond donors (Lipinski definition) is 1. The van der Waals surface area contributed by atoms with Crippen molar-refractivity contribution in [3.05, 3.63) is 47.8 Å².